The normalized spacial score (nSPS) is 26.3. The molecule has 2 bridgehead atoms. The van der Waals surface area contributed by atoms with Gasteiger partial charge in [-0.2, -0.15) is 0 Å². The molecule has 5 rings (SSSR count). The van der Waals surface area contributed by atoms with Gasteiger partial charge in [-0.05, 0) is 61.1 Å². The van der Waals surface area contributed by atoms with Gasteiger partial charge in [0.05, 0.1) is 0 Å². The minimum Gasteiger partial charge on any atom is -0.345 e. The molecule has 5 nitrogen and oxygen atoms in total. The van der Waals surface area contributed by atoms with Crippen LogP contribution in [0.5, 0.6) is 0 Å². The van der Waals surface area contributed by atoms with Crippen LogP contribution in [0.2, 0.25) is 0 Å². The van der Waals surface area contributed by atoms with Crippen molar-refractivity contribution in [2.24, 2.45) is 11.3 Å². The van der Waals surface area contributed by atoms with Crippen molar-refractivity contribution >= 4 is 17.5 Å². The van der Waals surface area contributed by atoms with E-state index < -0.39 is 11.7 Å². The monoisotopic (exact) mass is 371 g/mol. The first-order valence-electron chi connectivity index (χ1n) is 8.82. The van der Waals surface area contributed by atoms with Crippen molar-refractivity contribution in [3.63, 3.8) is 0 Å². The zero-order valence-corrected chi connectivity index (χ0v) is 14.8. The second kappa shape index (κ2) is 6.11. The number of carbonyl (C=O) groups excluding carboxylic acids is 2. The number of carbonyl (C=O) groups is 2. The first kappa shape index (κ1) is 17.6. The van der Waals surface area contributed by atoms with E-state index in [1.165, 1.54) is 42.6 Å². The zero-order valence-electron chi connectivity index (χ0n) is 14.8. The van der Waals surface area contributed by atoms with E-state index in [4.69, 9.17) is 0 Å². The summed E-state index contributed by atoms with van der Waals surface area (Å²) in [5.74, 6) is -1.90. The van der Waals surface area contributed by atoms with Gasteiger partial charge in [-0.1, -0.05) is 6.92 Å². The van der Waals surface area contributed by atoms with E-state index in [1.54, 1.807) is 0 Å². The molecule has 0 aliphatic heterocycles. The van der Waals surface area contributed by atoms with Crippen molar-refractivity contribution in [1.82, 2.24) is 10.3 Å². The molecule has 1 heterocycles. The Morgan fingerprint density at radius 3 is 2.41 bits per heavy atom. The van der Waals surface area contributed by atoms with Crippen LogP contribution in [0, 0.1) is 23.0 Å². The van der Waals surface area contributed by atoms with Crippen molar-refractivity contribution in [2.75, 3.05) is 5.32 Å². The molecule has 0 radical (unpaired) electrons. The predicted molar refractivity (Wildman–Crippen MR) is 94.9 cm³/mol. The third-order valence-electron chi connectivity index (χ3n) is 5.85. The summed E-state index contributed by atoms with van der Waals surface area (Å²) >= 11 is 0. The van der Waals surface area contributed by atoms with Crippen LogP contribution < -0.4 is 10.6 Å². The van der Waals surface area contributed by atoms with Gasteiger partial charge in [0.15, 0.2) is 11.5 Å². The molecule has 3 saturated carbocycles. The van der Waals surface area contributed by atoms with Gasteiger partial charge in [0, 0.05) is 23.3 Å². The van der Waals surface area contributed by atoms with Crippen LogP contribution in [-0.2, 0) is 4.79 Å². The number of hydrogen-bond acceptors (Lipinski definition) is 3. The van der Waals surface area contributed by atoms with E-state index in [9.17, 15) is 18.4 Å². The highest BCUT2D eigenvalue weighted by molar-refractivity contribution is 5.95. The van der Waals surface area contributed by atoms with Crippen LogP contribution in [0.1, 0.15) is 36.7 Å². The van der Waals surface area contributed by atoms with E-state index >= 15 is 0 Å². The molecule has 1 atom stereocenters. The van der Waals surface area contributed by atoms with Gasteiger partial charge in [-0.15, -0.1) is 0 Å². The standard InChI is InChI=1S/C20H19F2N3O2/c1-12(17(26)24-14-6-4-13(21)5-7-14)19-9-20(10-19,11-19)25-18(27)16-15(22)3-2-8-23-16/h2-8,12H,9-11H2,1H3,(H,24,26)(H,25,27). The summed E-state index contributed by atoms with van der Waals surface area (Å²) in [4.78, 5) is 28.5. The van der Waals surface area contributed by atoms with Gasteiger partial charge in [0.1, 0.15) is 5.82 Å². The summed E-state index contributed by atoms with van der Waals surface area (Å²) in [5.41, 5.74) is -0.183. The lowest BCUT2D eigenvalue weighted by molar-refractivity contribution is -0.184. The van der Waals surface area contributed by atoms with Crippen molar-refractivity contribution in [2.45, 2.75) is 31.7 Å². The third-order valence-corrected chi connectivity index (χ3v) is 5.85. The minimum absolute atomic E-state index is 0.128. The summed E-state index contributed by atoms with van der Waals surface area (Å²) in [6.45, 7) is 1.86. The van der Waals surface area contributed by atoms with E-state index in [0.717, 1.165) is 0 Å². The lowest BCUT2D eigenvalue weighted by Gasteiger charge is -2.72. The number of nitrogens with zero attached hydrogens (tertiary/aromatic N) is 1. The van der Waals surface area contributed by atoms with Gasteiger partial charge in [0.2, 0.25) is 5.91 Å². The van der Waals surface area contributed by atoms with Crippen LogP contribution in [-0.4, -0.2) is 22.3 Å². The van der Waals surface area contributed by atoms with Crippen molar-refractivity contribution < 1.29 is 18.4 Å². The Hall–Kier alpha value is -2.83. The Morgan fingerprint density at radius 2 is 1.78 bits per heavy atom. The zero-order chi connectivity index (χ0) is 19.2. The van der Waals surface area contributed by atoms with Crippen LogP contribution in [0.15, 0.2) is 42.6 Å². The molecule has 2 aromatic rings. The number of pyridine rings is 1. The number of aromatic nitrogens is 1. The molecule has 1 aromatic carbocycles. The van der Waals surface area contributed by atoms with Crippen molar-refractivity contribution in [3.05, 3.63) is 59.9 Å². The van der Waals surface area contributed by atoms with E-state index in [1.807, 2.05) is 6.92 Å². The van der Waals surface area contributed by atoms with Crippen LogP contribution in [0.25, 0.3) is 0 Å². The Labute approximate surface area is 155 Å². The summed E-state index contributed by atoms with van der Waals surface area (Å²) in [6, 6.07) is 8.26. The topological polar surface area (TPSA) is 71.1 Å². The summed E-state index contributed by atoms with van der Waals surface area (Å²) in [6.07, 6.45) is 3.41. The number of halogens is 2. The van der Waals surface area contributed by atoms with Crippen LogP contribution in [0.4, 0.5) is 14.5 Å². The van der Waals surface area contributed by atoms with Gasteiger partial charge >= 0.3 is 0 Å². The highest BCUT2D eigenvalue weighted by atomic mass is 19.1. The maximum absolute atomic E-state index is 13.7. The van der Waals surface area contributed by atoms with E-state index in [0.29, 0.717) is 24.9 Å². The first-order chi connectivity index (χ1) is 12.8. The molecule has 2 N–H and O–H groups in total. The molecule has 1 aromatic heterocycles. The van der Waals surface area contributed by atoms with Gasteiger partial charge < -0.3 is 10.6 Å². The fraction of sp³-hybridized carbons (Fsp3) is 0.350. The minimum atomic E-state index is -0.650. The molecular weight excluding hydrogens is 352 g/mol. The number of hydrogen-bond donors (Lipinski definition) is 2. The lowest BCUT2D eigenvalue weighted by atomic mass is 9.36. The first-order valence-corrected chi connectivity index (χ1v) is 8.82. The summed E-state index contributed by atoms with van der Waals surface area (Å²) in [7, 11) is 0. The quantitative estimate of drug-likeness (QED) is 0.847. The number of nitrogens with one attached hydrogen (secondary N) is 2. The molecule has 3 aliphatic rings. The Kier molecular flexibility index (Phi) is 3.98. The Morgan fingerprint density at radius 1 is 1.11 bits per heavy atom. The molecule has 2 amide bonds. The predicted octanol–water partition coefficient (Wildman–Crippen LogP) is 3.29. The van der Waals surface area contributed by atoms with Crippen molar-refractivity contribution in [1.29, 1.82) is 0 Å². The van der Waals surface area contributed by atoms with Crippen LogP contribution >= 0.6 is 0 Å². The van der Waals surface area contributed by atoms with E-state index in [-0.39, 0.29) is 34.3 Å². The molecule has 7 heteroatoms. The maximum Gasteiger partial charge on any atom is 0.273 e. The molecule has 0 spiro atoms. The summed E-state index contributed by atoms with van der Waals surface area (Å²) < 4.78 is 26.7. The second-order valence-corrected chi connectivity index (χ2v) is 7.68. The largest absolute Gasteiger partial charge is 0.345 e. The number of anilines is 1. The third kappa shape index (κ3) is 2.97. The number of benzene rings is 1. The highest BCUT2D eigenvalue weighted by Crippen LogP contribution is 2.70. The average molecular weight is 371 g/mol. The maximum atomic E-state index is 13.7. The number of rotatable bonds is 5. The molecule has 3 fully saturated rings. The summed E-state index contributed by atoms with van der Waals surface area (Å²) in [5, 5.41) is 5.68. The fourth-order valence-corrected chi connectivity index (χ4v) is 4.37. The average Bonchev–Trinajstić information content (AvgIpc) is 2.58. The van der Waals surface area contributed by atoms with Crippen LogP contribution in [0.3, 0.4) is 0 Å². The SMILES string of the molecule is CC(C(=O)Nc1ccc(F)cc1)C12CC(NC(=O)c3ncccc3F)(C1)C2. The molecule has 3 aliphatic carbocycles. The Balaban J connectivity index is 1.34. The molecular formula is C20H19F2N3O2. The van der Waals surface area contributed by atoms with Gasteiger partial charge in [0.25, 0.3) is 5.91 Å². The van der Waals surface area contributed by atoms with Gasteiger partial charge in [-0.3, -0.25) is 9.59 Å². The molecule has 1 unspecified atom stereocenters. The molecule has 140 valence electrons. The highest BCUT2D eigenvalue weighted by Gasteiger charge is 2.71. The molecule has 0 saturated heterocycles. The lowest BCUT2D eigenvalue weighted by Crippen LogP contribution is -2.77. The molecule has 27 heavy (non-hydrogen) atoms. The fourth-order valence-electron chi connectivity index (χ4n) is 4.37. The second-order valence-electron chi connectivity index (χ2n) is 7.68. The Bertz CT molecular complexity index is 894. The number of amides is 2. The smallest absolute Gasteiger partial charge is 0.273 e. The van der Waals surface area contributed by atoms with Crippen molar-refractivity contribution in [3.8, 4) is 0 Å². The van der Waals surface area contributed by atoms with E-state index in [2.05, 4.69) is 15.6 Å². The van der Waals surface area contributed by atoms with Gasteiger partial charge in [-0.25, -0.2) is 13.8 Å².